The fourth-order valence-electron chi connectivity index (χ4n) is 3.39. The minimum Gasteiger partial charge on any atom is -0.344 e. The number of anilines is 1. The van der Waals surface area contributed by atoms with Crippen molar-refractivity contribution in [1.82, 2.24) is 9.99 Å². The Balaban J connectivity index is 1.57. The zero-order chi connectivity index (χ0) is 24.2. The molecule has 0 aliphatic carbocycles. The van der Waals surface area contributed by atoms with Crippen molar-refractivity contribution >= 4 is 57.5 Å². The number of hydrogen-bond donors (Lipinski definition) is 3. The van der Waals surface area contributed by atoms with Crippen LogP contribution in [0.15, 0.2) is 72.8 Å². The fourth-order valence-corrected chi connectivity index (χ4v) is 3.70. The number of carbonyl (C=O) groups is 3. The summed E-state index contributed by atoms with van der Waals surface area (Å²) in [7, 11) is 0. The molecule has 0 radical (unpaired) electrons. The van der Waals surface area contributed by atoms with Crippen LogP contribution in [0.3, 0.4) is 0 Å². The molecule has 1 aromatic heterocycles. The third-order valence-electron chi connectivity index (χ3n) is 5.18. The molecule has 1 heterocycles. The minimum atomic E-state index is -0.925. The summed E-state index contributed by atoms with van der Waals surface area (Å²) >= 11 is 12.0. The molecule has 34 heavy (non-hydrogen) atoms. The van der Waals surface area contributed by atoms with E-state index in [1.165, 1.54) is 4.68 Å². The van der Waals surface area contributed by atoms with E-state index in [9.17, 15) is 14.4 Å². The van der Waals surface area contributed by atoms with Gasteiger partial charge in [-0.1, -0.05) is 53.5 Å². The van der Waals surface area contributed by atoms with Crippen LogP contribution in [0.2, 0.25) is 10.0 Å². The molecule has 0 spiro atoms. The molecule has 172 valence electrons. The van der Waals surface area contributed by atoms with Crippen molar-refractivity contribution in [1.29, 1.82) is 0 Å². The monoisotopic (exact) mass is 494 g/mol. The molecule has 4 aromatic rings. The number of carbonyl (C=O) groups excluding carboxylic acids is 3. The highest BCUT2D eigenvalue weighted by Gasteiger charge is 2.21. The second-order valence-electron chi connectivity index (χ2n) is 7.59. The van der Waals surface area contributed by atoms with Crippen molar-refractivity contribution in [3.05, 3.63) is 99.7 Å². The van der Waals surface area contributed by atoms with Crippen molar-refractivity contribution in [3.63, 3.8) is 0 Å². The lowest BCUT2D eigenvalue weighted by atomic mass is 10.2. The number of nitrogens with one attached hydrogen (secondary N) is 3. The van der Waals surface area contributed by atoms with Crippen LogP contribution in [-0.4, -0.2) is 22.4 Å². The van der Waals surface area contributed by atoms with Crippen molar-refractivity contribution in [2.75, 3.05) is 10.7 Å². The van der Waals surface area contributed by atoms with Gasteiger partial charge in [-0.25, -0.2) is 4.68 Å². The number of rotatable bonds is 5. The summed E-state index contributed by atoms with van der Waals surface area (Å²) < 4.78 is 1.28. The zero-order valence-corrected chi connectivity index (χ0v) is 19.6. The van der Waals surface area contributed by atoms with E-state index >= 15 is 0 Å². The average Bonchev–Trinajstić information content (AvgIpc) is 3.17. The number of halogens is 2. The summed E-state index contributed by atoms with van der Waals surface area (Å²) in [5.41, 5.74) is 5.47. The third-order valence-corrected chi connectivity index (χ3v) is 5.66. The third kappa shape index (κ3) is 5.22. The molecule has 3 amide bonds. The maximum Gasteiger partial charge on any atom is 0.328 e. The number of nitrogens with zero attached hydrogens (tertiary/aromatic N) is 1. The van der Waals surface area contributed by atoms with Gasteiger partial charge in [-0.3, -0.25) is 19.8 Å². The first-order chi connectivity index (χ1) is 16.3. The van der Waals surface area contributed by atoms with E-state index in [0.29, 0.717) is 26.6 Å². The predicted molar refractivity (Wildman–Crippen MR) is 134 cm³/mol. The number of fused-ring (bicyclic) bond motifs is 1. The second-order valence-corrected chi connectivity index (χ2v) is 8.46. The molecule has 4 rings (SSSR count). The Morgan fingerprint density at radius 2 is 1.56 bits per heavy atom. The molecule has 3 N–H and O–H groups in total. The van der Waals surface area contributed by atoms with Crippen LogP contribution in [0, 0.1) is 6.92 Å². The van der Waals surface area contributed by atoms with Gasteiger partial charge in [-0.15, -0.1) is 0 Å². The van der Waals surface area contributed by atoms with Crippen LogP contribution in [0.5, 0.6) is 0 Å². The highest BCUT2D eigenvalue weighted by Crippen LogP contribution is 2.24. The Kier molecular flexibility index (Phi) is 6.86. The highest BCUT2D eigenvalue weighted by molar-refractivity contribution is 6.38. The minimum absolute atomic E-state index is 0.138. The van der Waals surface area contributed by atoms with Gasteiger partial charge < -0.3 is 10.6 Å². The molecule has 0 aliphatic rings. The molecule has 9 heteroatoms. The fraction of sp³-hybridized carbons (Fsp3) is 0.0800. The first-order valence-corrected chi connectivity index (χ1v) is 11.1. The zero-order valence-electron chi connectivity index (χ0n) is 18.1. The molecule has 3 aromatic carbocycles. The van der Waals surface area contributed by atoms with Gasteiger partial charge in [0, 0.05) is 27.7 Å². The largest absolute Gasteiger partial charge is 0.344 e. The van der Waals surface area contributed by atoms with E-state index in [0.717, 1.165) is 11.1 Å². The number of benzene rings is 3. The summed E-state index contributed by atoms with van der Waals surface area (Å²) in [4.78, 5) is 38.2. The summed E-state index contributed by atoms with van der Waals surface area (Å²) in [5, 5.41) is 7.07. The smallest absolute Gasteiger partial charge is 0.328 e. The number of hydrogen-bond acceptors (Lipinski definition) is 3. The number of para-hydroxylation sites is 1. The molecule has 0 atom stereocenters. The average molecular weight is 495 g/mol. The van der Waals surface area contributed by atoms with Gasteiger partial charge >= 0.3 is 11.8 Å². The van der Waals surface area contributed by atoms with E-state index in [1.54, 1.807) is 54.6 Å². The molecule has 0 unspecified atom stereocenters. The van der Waals surface area contributed by atoms with E-state index in [-0.39, 0.29) is 12.2 Å². The Labute approximate surface area is 205 Å². The normalized spacial score (nSPS) is 10.7. The molecular formula is C25H20Cl2N4O3. The molecule has 0 aliphatic heterocycles. The SMILES string of the molecule is Cc1ccccc1NC(=O)c1cc2cc(Cl)ccc2n1NC(=O)C(=O)NCc1ccc(Cl)cc1. The Morgan fingerprint density at radius 3 is 2.29 bits per heavy atom. The topological polar surface area (TPSA) is 92.2 Å². The van der Waals surface area contributed by atoms with Gasteiger partial charge in [-0.2, -0.15) is 0 Å². The van der Waals surface area contributed by atoms with E-state index in [1.807, 2.05) is 25.1 Å². The van der Waals surface area contributed by atoms with Gasteiger partial charge in [0.2, 0.25) is 0 Å². The lowest BCUT2D eigenvalue weighted by Crippen LogP contribution is -2.39. The molecule has 7 nitrogen and oxygen atoms in total. The van der Waals surface area contributed by atoms with Crippen molar-refractivity contribution in [3.8, 4) is 0 Å². The van der Waals surface area contributed by atoms with Gasteiger partial charge in [0.15, 0.2) is 0 Å². The van der Waals surface area contributed by atoms with Gasteiger partial charge in [0.25, 0.3) is 5.91 Å². The molecule has 0 bridgehead atoms. The van der Waals surface area contributed by atoms with E-state index in [2.05, 4.69) is 16.1 Å². The van der Waals surface area contributed by atoms with Crippen molar-refractivity contribution in [2.24, 2.45) is 0 Å². The summed E-state index contributed by atoms with van der Waals surface area (Å²) in [6.07, 6.45) is 0. The highest BCUT2D eigenvalue weighted by atomic mass is 35.5. The van der Waals surface area contributed by atoms with Gasteiger partial charge in [0.05, 0.1) is 5.52 Å². The van der Waals surface area contributed by atoms with Crippen LogP contribution >= 0.6 is 23.2 Å². The summed E-state index contributed by atoms with van der Waals surface area (Å²) in [6, 6.07) is 20.8. The van der Waals surface area contributed by atoms with Crippen LogP contribution in [-0.2, 0) is 16.1 Å². The quantitative estimate of drug-likeness (QED) is 0.344. The van der Waals surface area contributed by atoms with Crippen molar-refractivity contribution in [2.45, 2.75) is 13.5 Å². The predicted octanol–water partition coefficient (Wildman–Crippen LogP) is 4.90. The van der Waals surface area contributed by atoms with Crippen molar-refractivity contribution < 1.29 is 14.4 Å². The van der Waals surface area contributed by atoms with Crippen LogP contribution in [0.4, 0.5) is 5.69 Å². The van der Waals surface area contributed by atoms with Gasteiger partial charge in [-0.05, 0) is 60.5 Å². The standard InChI is InChI=1S/C25H20Cl2N4O3/c1-15-4-2-3-5-20(15)29-23(32)22-13-17-12-19(27)10-11-21(17)31(22)30-25(34)24(33)28-14-16-6-8-18(26)9-7-16/h2-13H,14H2,1H3,(H,28,33)(H,29,32)(H,30,34). The number of aryl methyl sites for hydroxylation is 1. The Morgan fingerprint density at radius 1 is 0.853 bits per heavy atom. The maximum absolute atomic E-state index is 13.1. The molecule has 0 saturated carbocycles. The second kappa shape index (κ2) is 9.99. The Hall–Kier alpha value is -3.81. The molecule has 0 saturated heterocycles. The van der Waals surface area contributed by atoms with Crippen LogP contribution in [0.1, 0.15) is 21.6 Å². The first-order valence-electron chi connectivity index (χ1n) is 10.3. The first kappa shape index (κ1) is 23.4. The number of aromatic nitrogens is 1. The van der Waals surface area contributed by atoms with Gasteiger partial charge in [0.1, 0.15) is 5.69 Å². The van der Waals surface area contributed by atoms with Crippen LogP contribution in [0.25, 0.3) is 10.9 Å². The van der Waals surface area contributed by atoms with Crippen LogP contribution < -0.4 is 16.1 Å². The number of amides is 3. The Bertz CT molecular complexity index is 1400. The lowest BCUT2D eigenvalue weighted by Gasteiger charge is -2.13. The summed E-state index contributed by atoms with van der Waals surface area (Å²) in [5.74, 6) is -2.23. The molecular weight excluding hydrogens is 475 g/mol. The molecule has 0 fully saturated rings. The maximum atomic E-state index is 13.1. The lowest BCUT2D eigenvalue weighted by molar-refractivity contribution is -0.136. The summed E-state index contributed by atoms with van der Waals surface area (Å²) in [6.45, 7) is 2.02. The van der Waals surface area contributed by atoms with E-state index < -0.39 is 17.7 Å². The van der Waals surface area contributed by atoms with E-state index in [4.69, 9.17) is 23.2 Å².